The second-order valence-corrected chi connectivity index (χ2v) is 12.2. The average Bonchev–Trinajstić information content (AvgIpc) is 3.31. The Bertz CT molecular complexity index is 911. The van der Waals surface area contributed by atoms with Gasteiger partial charge in [0.1, 0.15) is 6.07 Å². The zero-order valence-corrected chi connectivity index (χ0v) is 19.4. The van der Waals surface area contributed by atoms with Crippen LogP contribution in [0.15, 0.2) is 18.5 Å². The normalized spacial score (nSPS) is 46.5. The van der Waals surface area contributed by atoms with Crippen molar-refractivity contribution >= 4 is 5.78 Å². The van der Waals surface area contributed by atoms with Crippen molar-refractivity contribution in [2.75, 3.05) is 0 Å². The molecule has 4 nitrogen and oxygen atoms in total. The number of aromatic nitrogens is 1. The van der Waals surface area contributed by atoms with Crippen molar-refractivity contribution < 1.29 is 9.90 Å². The summed E-state index contributed by atoms with van der Waals surface area (Å²) >= 11 is 0. The van der Waals surface area contributed by atoms with Crippen LogP contribution in [0.25, 0.3) is 0 Å². The molecule has 1 aromatic heterocycles. The van der Waals surface area contributed by atoms with E-state index in [4.69, 9.17) is 5.26 Å². The quantitative estimate of drug-likeness (QED) is 0.715. The SMILES string of the molecule is C[C@@]1(O)CC[C@@]2(C)[C@@H](CC[C@@H]3[C@@H]2CC[C@]2(C)[C@@H](C(=O)Cn4ccc(C#N)c4)CC[C@@H]32)C1. The lowest BCUT2D eigenvalue weighted by Gasteiger charge is -2.61. The molecule has 1 heterocycles. The molecule has 0 radical (unpaired) electrons. The highest BCUT2D eigenvalue weighted by Gasteiger charge is 2.61. The number of carbonyl (C=O) groups excluding carboxylic acids is 1. The molecule has 8 atom stereocenters. The van der Waals surface area contributed by atoms with Gasteiger partial charge in [0.05, 0.1) is 17.7 Å². The van der Waals surface area contributed by atoms with Crippen LogP contribution in [0.5, 0.6) is 0 Å². The Labute approximate surface area is 187 Å². The van der Waals surface area contributed by atoms with Crippen LogP contribution in [-0.2, 0) is 11.3 Å². The number of nitrogens with zero attached hydrogens (tertiary/aromatic N) is 2. The molecule has 1 aromatic rings. The van der Waals surface area contributed by atoms with Gasteiger partial charge in [0.15, 0.2) is 5.78 Å². The van der Waals surface area contributed by atoms with Crippen molar-refractivity contribution in [2.24, 2.45) is 40.4 Å². The van der Waals surface area contributed by atoms with Gasteiger partial charge < -0.3 is 9.67 Å². The maximum Gasteiger partial charge on any atom is 0.156 e. The molecule has 0 amide bonds. The first-order valence-electron chi connectivity index (χ1n) is 12.5. The number of rotatable bonds is 3. The van der Waals surface area contributed by atoms with Gasteiger partial charge in [-0.3, -0.25) is 4.79 Å². The Morgan fingerprint density at radius 1 is 1.10 bits per heavy atom. The highest BCUT2D eigenvalue weighted by atomic mass is 16.3. The summed E-state index contributed by atoms with van der Waals surface area (Å²) in [6, 6.07) is 3.95. The largest absolute Gasteiger partial charge is 0.390 e. The maximum atomic E-state index is 13.4. The highest BCUT2D eigenvalue weighted by Crippen LogP contribution is 2.68. The molecule has 0 aliphatic heterocycles. The van der Waals surface area contributed by atoms with Crippen LogP contribution in [0, 0.1) is 51.8 Å². The third-order valence-corrected chi connectivity index (χ3v) is 10.6. The van der Waals surface area contributed by atoms with Crippen LogP contribution < -0.4 is 0 Å². The monoisotopic (exact) mass is 422 g/mol. The molecule has 4 saturated carbocycles. The van der Waals surface area contributed by atoms with Crippen LogP contribution >= 0.6 is 0 Å². The predicted octanol–water partition coefficient (Wildman–Crippen LogP) is 5.34. The number of nitriles is 1. The summed E-state index contributed by atoms with van der Waals surface area (Å²) < 4.78 is 1.89. The van der Waals surface area contributed by atoms with Gasteiger partial charge in [0.25, 0.3) is 0 Å². The second kappa shape index (κ2) is 7.20. The van der Waals surface area contributed by atoms with Gasteiger partial charge in [-0.25, -0.2) is 0 Å². The van der Waals surface area contributed by atoms with E-state index < -0.39 is 5.60 Å². The minimum atomic E-state index is -0.477. The number of fused-ring (bicyclic) bond motifs is 5. The highest BCUT2D eigenvalue weighted by molar-refractivity contribution is 5.82. The molecule has 168 valence electrons. The van der Waals surface area contributed by atoms with Crippen molar-refractivity contribution in [3.63, 3.8) is 0 Å². The predicted molar refractivity (Wildman–Crippen MR) is 120 cm³/mol. The van der Waals surface area contributed by atoms with Crippen LogP contribution in [0.3, 0.4) is 0 Å². The minimum Gasteiger partial charge on any atom is -0.390 e. The summed E-state index contributed by atoms with van der Waals surface area (Å²) in [7, 11) is 0. The topological polar surface area (TPSA) is 66.0 Å². The molecule has 5 rings (SSSR count). The van der Waals surface area contributed by atoms with Gasteiger partial charge in [-0.2, -0.15) is 5.26 Å². The molecule has 0 saturated heterocycles. The third-order valence-electron chi connectivity index (χ3n) is 10.6. The zero-order valence-electron chi connectivity index (χ0n) is 19.4. The number of ketones is 1. The van der Waals surface area contributed by atoms with E-state index in [1.54, 1.807) is 12.3 Å². The molecular weight excluding hydrogens is 384 g/mol. The minimum absolute atomic E-state index is 0.132. The van der Waals surface area contributed by atoms with E-state index >= 15 is 0 Å². The summed E-state index contributed by atoms with van der Waals surface area (Å²) in [5, 5.41) is 19.8. The first-order valence-corrected chi connectivity index (χ1v) is 12.5. The van der Waals surface area contributed by atoms with E-state index in [9.17, 15) is 9.90 Å². The van der Waals surface area contributed by atoms with Crippen LogP contribution in [0.2, 0.25) is 0 Å². The van der Waals surface area contributed by atoms with Gasteiger partial charge in [-0.15, -0.1) is 0 Å². The number of carbonyl (C=O) groups is 1. The summed E-state index contributed by atoms with van der Waals surface area (Å²) in [6.07, 6.45) is 13.9. The lowest BCUT2D eigenvalue weighted by atomic mass is 9.44. The summed E-state index contributed by atoms with van der Waals surface area (Å²) in [5.74, 6) is 3.35. The van der Waals surface area contributed by atoms with Gasteiger partial charge in [0, 0.05) is 18.3 Å². The van der Waals surface area contributed by atoms with E-state index in [2.05, 4.69) is 19.9 Å². The second-order valence-electron chi connectivity index (χ2n) is 12.2. The number of hydrogen-bond acceptors (Lipinski definition) is 3. The van der Waals surface area contributed by atoms with Gasteiger partial charge in [-0.05, 0) is 105 Å². The zero-order chi connectivity index (χ0) is 22.0. The Balaban J connectivity index is 1.34. The van der Waals surface area contributed by atoms with Crippen molar-refractivity contribution in [3.05, 3.63) is 24.0 Å². The molecule has 4 aliphatic rings. The van der Waals surface area contributed by atoms with Gasteiger partial charge in [-0.1, -0.05) is 13.8 Å². The molecule has 0 aromatic carbocycles. The van der Waals surface area contributed by atoms with E-state index in [0.29, 0.717) is 35.1 Å². The summed E-state index contributed by atoms with van der Waals surface area (Å²) in [5.41, 5.74) is 0.648. The number of Topliss-reactive ketones (excluding diaryl/α,β-unsaturated/α-hetero) is 1. The van der Waals surface area contributed by atoms with Gasteiger partial charge in [0.2, 0.25) is 0 Å². The molecule has 31 heavy (non-hydrogen) atoms. The Morgan fingerprint density at radius 2 is 1.87 bits per heavy atom. The fourth-order valence-electron chi connectivity index (χ4n) is 8.86. The molecule has 4 heteroatoms. The lowest BCUT2D eigenvalue weighted by Crippen LogP contribution is -2.55. The van der Waals surface area contributed by atoms with E-state index in [-0.39, 0.29) is 11.3 Å². The third kappa shape index (κ3) is 3.30. The number of hydrogen-bond donors (Lipinski definition) is 1. The Morgan fingerprint density at radius 3 is 2.61 bits per heavy atom. The van der Waals surface area contributed by atoms with E-state index in [1.807, 2.05) is 17.7 Å². The summed E-state index contributed by atoms with van der Waals surface area (Å²) in [4.78, 5) is 13.4. The van der Waals surface area contributed by atoms with Gasteiger partial charge >= 0.3 is 0 Å². The molecular formula is C27H38N2O2. The van der Waals surface area contributed by atoms with Crippen LogP contribution in [-0.4, -0.2) is 21.1 Å². The van der Waals surface area contributed by atoms with E-state index in [1.165, 1.54) is 32.1 Å². The average molecular weight is 423 g/mol. The molecule has 1 N–H and O–H groups in total. The summed E-state index contributed by atoms with van der Waals surface area (Å²) in [6.45, 7) is 7.38. The van der Waals surface area contributed by atoms with Crippen molar-refractivity contribution in [2.45, 2.75) is 90.7 Å². The maximum absolute atomic E-state index is 13.4. The smallest absolute Gasteiger partial charge is 0.156 e. The van der Waals surface area contributed by atoms with Crippen LogP contribution in [0.1, 0.15) is 84.1 Å². The molecule has 4 fully saturated rings. The standard InChI is InChI=1S/C27H38N2O2/c1-25(31)11-12-26(2)19(14-25)4-5-20-21-6-7-23(27(21,3)10-8-22(20)26)24(30)17-29-13-9-18(15-28)16-29/h9,13,16,19-23,31H,4-8,10-12,14,17H2,1-3H3/t19-,20-,21-,22-,23+,25+,26-,27-/m0/s1. The van der Waals surface area contributed by atoms with Crippen molar-refractivity contribution in [1.29, 1.82) is 5.26 Å². The van der Waals surface area contributed by atoms with Crippen molar-refractivity contribution in [1.82, 2.24) is 4.57 Å². The van der Waals surface area contributed by atoms with E-state index in [0.717, 1.165) is 37.5 Å². The van der Waals surface area contributed by atoms with Crippen LogP contribution in [0.4, 0.5) is 0 Å². The fourth-order valence-corrected chi connectivity index (χ4v) is 8.86. The first-order chi connectivity index (χ1) is 14.7. The molecule has 4 aliphatic carbocycles. The Hall–Kier alpha value is -1.60. The fraction of sp³-hybridized carbons (Fsp3) is 0.778. The molecule has 0 bridgehead atoms. The number of aliphatic hydroxyl groups is 1. The van der Waals surface area contributed by atoms with Crippen molar-refractivity contribution in [3.8, 4) is 6.07 Å². The lowest BCUT2D eigenvalue weighted by molar-refractivity contribution is -0.151. The Kier molecular flexibility index (Phi) is 4.94. The molecule has 0 unspecified atom stereocenters. The molecule has 0 spiro atoms. The first kappa shape index (κ1) is 21.3.